The first-order chi connectivity index (χ1) is 8.38. The van der Waals surface area contributed by atoms with Gasteiger partial charge < -0.3 is 10.2 Å². The maximum atomic E-state index is 3.38. The van der Waals surface area contributed by atoms with Gasteiger partial charge in [0.25, 0.3) is 0 Å². The number of nitrogens with zero attached hydrogens (tertiary/aromatic N) is 2. The third-order valence-electron chi connectivity index (χ3n) is 3.85. The predicted molar refractivity (Wildman–Crippen MR) is 71.9 cm³/mol. The van der Waals surface area contributed by atoms with Gasteiger partial charge in [-0.3, -0.25) is 4.90 Å². The molecule has 1 N–H and O–H groups in total. The number of piperazine rings is 1. The molecule has 2 aliphatic heterocycles. The molecule has 2 aliphatic rings. The monoisotopic (exact) mass is 235 g/mol. The third-order valence-corrected chi connectivity index (χ3v) is 3.85. The van der Waals surface area contributed by atoms with E-state index in [1.54, 1.807) is 0 Å². The second kappa shape index (κ2) is 7.00. The summed E-state index contributed by atoms with van der Waals surface area (Å²) in [6, 6.07) is 0. The Labute approximate surface area is 106 Å². The van der Waals surface area contributed by atoms with Crippen molar-refractivity contribution in [3.8, 4) is 11.8 Å². The lowest BCUT2D eigenvalue weighted by Crippen LogP contribution is -2.43. The molecule has 0 bridgehead atoms. The van der Waals surface area contributed by atoms with Crippen LogP contribution in [0.5, 0.6) is 0 Å². The highest BCUT2D eigenvalue weighted by atomic mass is 15.2. The van der Waals surface area contributed by atoms with Crippen molar-refractivity contribution in [1.29, 1.82) is 0 Å². The van der Waals surface area contributed by atoms with Gasteiger partial charge in [0.1, 0.15) is 0 Å². The topological polar surface area (TPSA) is 18.5 Å². The summed E-state index contributed by atoms with van der Waals surface area (Å²) in [5.74, 6) is 7.55. The molecule has 2 saturated heterocycles. The third kappa shape index (κ3) is 4.31. The Balaban J connectivity index is 1.61. The summed E-state index contributed by atoms with van der Waals surface area (Å²) in [6.07, 6.45) is 2.44. The molecule has 3 nitrogen and oxygen atoms in total. The maximum absolute atomic E-state index is 3.38. The fourth-order valence-corrected chi connectivity index (χ4v) is 2.62. The van der Waals surface area contributed by atoms with Crippen LogP contribution in [-0.4, -0.2) is 62.2 Å². The number of hydrogen-bond acceptors (Lipinski definition) is 3. The molecule has 0 aromatic rings. The number of hydrogen-bond donors (Lipinski definition) is 1. The van der Waals surface area contributed by atoms with E-state index >= 15 is 0 Å². The number of likely N-dealkylation sites (tertiary alicyclic amines) is 1. The smallest absolute Gasteiger partial charge is 0.0602 e. The second-order valence-corrected chi connectivity index (χ2v) is 5.13. The largest absolute Gasteiger partial charge is 0.314 e. The molecular formula is C14H25N3. The van der Waals surface area contributed by atoms with E-state index in [-0.39, 0.29) is 0 Å². The highest BCUT2D eigenvalue weighted by Crippen LogP contribution is 2.18. The first kappa shape index (κ1) is 12.9. The van der Waals surface area contributed by atoms with Crippen LogP contribution in [0.3, 0.4) is 0 Å². The van der Waals surface area contributed by atoms with Crippen LogP contribution >= 0.6 is 0 Å². The van der Waals surface area contributed by atoms with Crippen LogP contribution in [0.4, 0.5) is 0 Å². The van der Waals surface area contributed by atoms with Crippen molar-refractivity contribution in [3.63, 3.8) is 0 Å². The number of nitrogens with one attached hydrogen (secondary N) is 1. The summed E-state index contributed by atoms with van der Waals surface area (Å²) in [6.45, 7) is 11.5. The van der Waals surface area contributed by atoms with Gasteiger partial charge in [-0.2, -0.15) is 0 Å². The molecule has 1 atom stereocenters. The Kier molecular flexibility index (Phi) is 5.31. The molecule has 2 heterocycles. The Hall–Kier alpha value is -0.560. The minimum atomic E-state index is 0.825. The van der Waals surface area contributed by atoms with Gasteiger partial charge in [-0.1, -0.05) is 12.8 Å². The van der Waals surface area contributed by atoms with Crippen LogP contribution in [-0.2, 0) is 0 Å². The SMILES string of the molecule is CCN1CCC(CC#CCN2CCNCC2)C1. The van der Waals surface area contributed by atoms with E-state index in [9.17, 15) is 0 Å². The molecule has 0 aliphatic carbocycles. The molecule has 0 saturated carbocycles. The molecule has 0 amide bonds. The van der Waals surface area contributed by atoms with Gasteiger partial charge in [-0.15, -0.1) is 5.92 Å². The summed E-state index contributed by atoms with van der Waals surface area (Å²) in [5, 5.41) is 3.37. The van der Waals surface area contributed by atoms with E-state index in [0.717, 1.165) is 45.1 Å². The average molecular weight is 235 g/mol. The van der Waals surface area contributed by atoms with Crippen molar-refractivity contribution in [3.05, 3.63) is 0 Å². The van der Waals surface area contributed by atoms with Gasteiger partial charge in [0.2, 0.25) is 0 Å². The molecule has 3 heteroatoms. The van der Waals surface area contributed by atoms with Crippen molar-refractivity contribution in [2.24, 2.45) is 5.92 Å². The van der Waals surface area contributed by atoms with Crippen molar-refractivity contribution in [2.75, 3.05) is 52.4 Å². The second-order valence-electron chi connectivity index (χ2n) is 5.13. The highest BCUT2D eigenvalue weighted by Gasteiger charge is 2.19. The standard InChI is InChI=1S/C14H25N3/c1-2-16-10-6-14(13-16)5-3-4-9-17-11-7-15-8-12-17/h14-15H,2,5-13H2,1H3. The Morgan fingerprint density at radius 2 is 1.94 bits per heavy atom. The van der Waals surface area contributed by atoms with Gasteiger partial charge in [-0.05, 0) is 25.4 Å². The predicted octanol–water partition coefficient (Wildman–Crippen LogP) is 0.627. The van der Waals surface area contributed by atoms with E-state index in [1.165, 1.54) is 26.1 Å². The minimum absolute atomic E-state index is 0.825. The first-order valence-corrected chi connectivity index (χ1v) is 6.99. The Bertz CT molecular complexity index is 273. The van der Waals surface area contributed by atoms with E-state index < -0.39 is 0 Å². The average Bonchev–Trinajstić information content (AvgIpc) is 2.84. The number of rotatable bonds is 3. The summed E-state index contributed by atoms with van der Waals surface area (Å²) >= 11 is 0. The molecular weight excluding hydrogens is 210 g/mol. The molecule has 0 radical (unpaired) electrons. The van der Waals surface area contributed by atoms with E-state index in [2.05, 4.69) is 33.9 Å². The fourth-order valence-electron chi connectivity index (χ4n) is 2.62. The zero-order chi connectivity index (χ0) is 11.9. The van der Waals surface area contributed by atoms with Crippen LogP contribution in [0.2, 0.25) is 0 Å². The molecule has 17 heavy (non-hydrogen) atoms. The maximum Gasteiger partial charge on any atom is 0.0602 e. The molecule has 0 aromatic carbocycles. The summed E-state index contributed by atoms with van der Waals surface area (Å²) < 4.78 is 0. The molecule has 0 aromatic heterocycles. The quantitative estimate of drug-likeness (QED) is 0.724. The lowest BCUT2D eigenvalue weighted by Gasteiger charge is -2.24. The van der Waals surface area contributed by atoms with Crippen LogP contribution in [0.1, 0.15) is 19.8 Å². The zero-order valence-corrected chi connectivity index (χ0v) is 11.0. The van der Waals surface area contributed by atoms with Crippen LogP contribution < -0.4 is 5.32 Å². The van der Waals surface area contributed by atoms with Gasteiger partial charge >= 0.3 is 0 Å². The van der Waals surface area contributed by atoms with Crippen molar-refractivity contribution >= 4 is 0 Å². The van der Waals surface area contributed by atoms with Crippen LogP contribution in [0.25, 0.3) is 0 Å². The van der Waals surface area contributed by atoms with Crippen molar-refractivity contribution < 1.29 is 0 Å². The van der Waals surface area contributed by atoms with Gasteiger partial charge in [0.05, 0.1) is 6.54 Å². The molecule has 2 fully saturated rings. The van der Waals surface area contributed by atoms with Gasteiger partial charge in [0, 0.05) is 39.1 Å². The molecule has 96 valence electrons. The normalized spacial score (nSPS) is 26.8. The first-order valence-electron chi connectivity index (χ1n) is 6.99. The summed E-state index contributed by atoms with van der Waals surface area (Å²) in [4.78, 5) is 4.97. The van der Waals surface area contributed by atoms with Gasteiger partial charge in [-0.25, -0.2) is 0 Å². The minimum Gasteiger partial charge on any atom is -0.314 e. The lowest BCUT2D eigenvalue weighted by molar-refractivity contribution is 0.268. The van der Waals surface area contributed by atoms with E-state index in [0.29, 0.717) is 0 Å². The Morgan fingerprint density at radius 1 is 1.12 bits per heavy atom. The van der Waals surface area contributed by atoms with Crippen molar-refractivity contribution in [1.82, 2.24) is 15.1 Å². The Morgan fingerprint density at radius 3 is 2.65 bits per heavy atom. The van der Waals surface area contributed by atoms with Crippen LogP contribution in [0, 0.1) is 17.8 Å². The van der Waals surface area contributed by atoms with Crippen molar-refractivity contribution in [2.45, 2.75) is 19.8 Å². The summed E-state index contributed by atoms with van der Waals surface area (Å²) in [7, 11) is 0. The zero-order valence-electron chi connectivity index (χ0n) is 11.0. The van der Waals surface area contributed by atoms with Crippen LogP contribution in [0.15, 0.2) is 0 Å². The fraction of sp³-hybridized carbons (Fsp3) is 0.857. The highest BCUT2D eigenvalue weighted by molar-refractivity contribution is 5.03. The summed E-state index contributed by atoms with van der Waals surface area (Å²) in [5.41, 5.74) is 0. The molecule has 1 unspecified atom stereocenters. The lowest BCUT2D eigenvalue weighted by atomic mass is 10.1. The molecule has 0 spiro atoms. The molecule has 2 rings (SSSR count). The van der Waals surface area contributed by atoms with E-state index in [4.69, 9.17) is 0 Å². The van der Waals surface area contributed by atoms with E-state index in [1.807, 2.05) is 0 Å². The van der Waals surface area contributed by atoms with Gasteiger partial charge in [0.15, 0.2) is 0 Å².